The van der Waals surface area contributed by atoms with Gasteiger partial charge in [-0.25, -0.2) is 4.79 Å². The van der Waals surface area contributed by atoms with Crippen molar-refractivity contribution >= 4 is 23.9 Å². The van der Waals surface area contributed by atoms with Crippen LogP contribution in [0.1, 0.15) is 12.8 Å². The summed E-state index contributed by atoms with van der Waals surface area (Å²) in [7, 11) is 0. The van der Waals surface area contributed by atoms with E-state index in [0.717, 1.165) is 0 Å². The molecule has 10 nitrogen and oxygen atoms in total. The van der Waals surface area contributed by atoms with Crippen LogP contribution >= 0.6 is 0 Å². The molecule has 0 bridgehead atoms. The van der Waals surface area contributed by atoms with Crippen LogP contribution in [0.15, 0.2) is 0 Å². The minimum absolute atomic E-state index is 0.665. The van der Waals surface area contributed by atoms with E-state index in [2.05, 4.69) is 0 Å². The molecular formula is C9H14O10. The van der Waals surface area contributed by atoms with E-state index in [1.54, 1.807) is 0 Å². The van der Waals surface area contributed by atoms with Gasteiger partial charge in [0.2, 0.25) is 0 Å². The van der Waals surface area contributed by atoms with E-state index in [-0.39, 0.29) is 0 Å². The van der Waals surface area contributed by atoms with Crippen molar-refractivity contribution in [2.24, 2.45) is 5.92 Å². The zero-order valence-electron chi connectivity index (χ0n) is 9.59. The average molecular weight is 282 g/mol. The first-order valence-electron chi connectivity index (χ1n) is 4.79. The minimum Gasteiger partial charge on any atom is -0.481 e. The van der Waals surface area contributed by atoms with Gasteiger partial charge in [0.15, 0.2) is 6.10 Å². The summed E-state index contributed by atoms with van der Waals surface area (Å²) in [6.07, 6.45) is -2.96. The fourth-order valence-electron chi connectivity index (χ4n) is 0.746. The molecule has 0 radical (unpaired) electrons. The molecular weight excluding hydrogens is 268 g/mol. The second kappa shape index (κ2) is 9.79. The number of carboxylic acids is 4. The van der Waals surface area contributed by atoms with Crippen molar-refractivity contribution in [3.8, 4) is 0 Å². The monoisotopic (exact) mass is 282 g/mol. The van der Waals surface area contributed by atoms with Gasteiger partial charge >= 0.3 is 23.9 Å². The first kappa shape index (κ1) is 19.1. The fourth-order valence-corrected chi connectivity index (χ4v) is 0.746. The standard InChI is InChI=1S/C6H8O6.C3H6O4/c7-4(8)1-3(6(11)12)2-5(9)10;4-1-2(5)3(6)7/h3H,1-2H2,(H,7,8)(H,9,10)(H,11,12);2,4-5H,1H2,(H,6,7). The van der Waals surface area contributed by atoms with Crippen LogP contribution < -0.4 is 0 Å². The molecule has 0 aromatic carbocycles. The van der Waals surface area contributed by atoms with E-state index in [1.165, 1.54) is 0 Å². The van der Waals surface area contributed by atoms with E-state index < -0.39 is 55.3 Å². The van der Waals surface area contributed by atoms with Gasteiger partial charge in [-0.15, -0.1) is 0 Å². The second-order valence-corrected chi connectivity index (χ2v) is 3.27. The van der Waals surface area contributed by atoms with Crippen LogP contribution in [-0.2, 0) is 19.2 Å². The third-order valence-electron chi connectivity index (χ3n) is 1.65. The smallest absolute Gasteiger partial charge is 0.334 e. The third kappa shape index (κ3) is 12.1. The maximum Gasteiger partial charge on any atom is 0.334 e. The van der Waals surface area contributed by atoms with Crippen molar-refractivity contribution in [2.45, 2.75) is 18.9 Å². The van der Waals surface area contributed by atoms with Gasteiger partial charge in [-0.1, -0.05) is 0 Å². The number of aliphatic hydroxyl groups is 2. The number of carboxylic acid groups (broad SMARTS) is 4. The maximum atomic E-state index is 10.2. The SMILES string of the molecule is O=C(O)C(O)CO.O=C(O)CC(CC(=O)O)C(=O)O. The van der Waals surface area contributed by atoms with Crippen LogP contribution in [0.25, 0.3) is 0 Å². The van der Waals surface area contributed by atoms with Crippen molar-refractivity contribution in [3.05, 3.63) is 0 Å². The quantitative estimate of drug-likeness (QED) is 0.306. The Hall–Kier alpha value is -2.20. The Morgan fingerprint density at radius 1 is 0.789 bits per heavy atom. The van der Waals surface area contributed by atoms with Crippen molar-refractivity contribution < 1.29 is 49.8 Å². The molecule has 0 aliphatic heterocycles. The highest BCUT2D eigenvalue weighted by atomic mass is 16.4. The van der Waals surface area contributed by atoms with Gasteiger partial charge in [-0.2, -0.15) is 0 Å². The van der Waals surface area contributed by atoms with E-state index in [9.17, 15) is 19.2 Å². The molecule has 0 fully saturated rings. The molecule has 0 amide bonds. The molecule has 0 aromatic rings. The molecule has 1 atom stereocenters. The summed E-state index contributed by atoms with van der Waals surface area (Å²) in [5.74, 6) is -6.78. The summed E-state index contributed by atoms with van der Waals surface area (Å²) >= 11 is 0. The highest BCUT2D eigenvalue weighted by Gasteiger charge is 2.23. The average Bonchev–Trinajstić information content (AvgIpc) is 2.26. The zero-order chi connectivity index (χ0) is 15.6. The largest absolute Gasteiger partial charge is 0.481 e. The van der Waals surface area contributed by atoms with Gasteiger partial charge in [-0.05, 0) is 0 Å². The van der Waals surface area contributed by atoms with Crippen LogP contribution in [0.5, 0.6) is 0 Å². The Kier molecular flexibility index (Phi) is 9.87. The maximum absolute atomic E-state index is 10.2. The summed E-state index contributed by atoms with van der Waals surface area (Å²) in [6.45, 7) is -0.727. The Balaban J connectivity index is 0. The lowest BCUT2D eigenvalue weighted by Crippen LogP contribution is -2.22. The number of aliphatic carboxylic acids is 4. The Morgan fingerprint density at radius 3 is 1.26 bits per heavy atom. The van der Waals surface area contributed by atoms with Gasteiger partial charge in [0, 0.05) is 0 Å². The predicted octanol–water partition coefficient (Wildman–Crippen LogP) is -1.94. The van der Waals surface area contributed by atoms with E-state index in [1.807, 2.05) is 0 Å². The summed E-state index contributed by atoms with van der Waals surface area (Å²) in [6, 6.07) is 0. The zero-order valence-corrected chi connectivity index (χ0v) is 9.59. The number of hydrogen-bond donors (Lipinski definition) is 6. The van der Waals surface area contributed by atoms with Crippen LogP contribution in [0.3, 0.4) is 0 Å². The Labute approximate surface area is 106 Å². The van der Waals surface area contributed by atoms with Crippen LogP contribution in [0.2, 0.25) is 0 Å². The van der Waals surface area contributed by atoms with Gasteiger partial charge in [0.25, 0.3) is 0 Å². The molecule has 0 saturated heterocycles. The number of aliphatic hydroxyl groups excluding tert-OH is 2. The summed E-state index contributed by atoms with van der Waals surface area (Å²) in [4.78, 5) is 39.8. The highest BCUT2D eigenvalue weighted by molar-refractivity contribution is 5.82. The molecule has 0 spiro atoms. The van der Waals surface area contributed by atoms with Crippen LogP contribution in [0.4, 0.5) is 0 Å². The third-order valence-corrected chi connectivity index (χ3v) is 1.65. The number of hydrogen-bond acceptors (Lipinski definition) is 6. The first-order chi connectivity index (χ1) is 8.61. The van der Waals surface area contributed by atoms with E-state index in [0.29, 0.717) is 0 Å². The minimum atomic E-state index is -1.63. The number of rotatable bonds is 7. The molecule has 110 valence electrons. The fraction of sp³-hybridized carbons (Fsp3) is 0.556. The summed E-state index contributed by atoms with van der Waals surface area (Å²) in [5, 5.41) is 48.5. The molecule has 1 unspecified atom stereocenters. The van der Waals surface area contributed by atoms with Crippen molar-refractivity contribution in [3.63, 3.8) is 0 Å². The molecule has 6 N–H and O–H groups in total. The lowest BCUT2D eigenvalue weighted by Gasteiger charge is -2.04. The van der Waals surface area contributed by atoms with Gasteiger partial charge in [0.05, 0.1) is 25.4 Å². The molecule has 19 heavy (non-hydrogen) atoms. The van der Waals surface area contributed by atoms with Crippen molar-refractivity contribution in [2.75, 3.05) is 6.61 Å². The highest BCUT2D eigenvalue weighted by Crippen LogP contribution is 2.08. The van der Waals surface area contributed by atoms with E-state index in [4.69, 9.17) is 30.6 Å². The first-order valence-corrected chi connectivity index (χ1v) is 4.79. The lowest BCUT2D eigenvalue weighted by molar-refractivity contribution is -0.152. The molecule has 10 heteroatoms. The Bertz CT molecular complexity index is 320. The molecule has 0 saturated carbocycles. The van der Waals surface area contributed by atoms with Crippen LogP contribution in [0, 0.1) is 5.92 Å². The molecule has 0 aliphatic carbocycles. The van der Waals surface area contributed by atoms with Crippen LogP contribution in [-0.4, -0.2) is 67.2 Å². The Morgan fingerprint density at radius 2 is 1.16 bits per heavy atom. The van der Waals surface area contributed by atoms with Crippen molar-refractivity contribution in [1.82, 2.24) is 0 Å². The van der Waals surface area contributed by atoms with Gasteiger partial charge in [-0.3, -0.25) is 14.4 Å². The second-order valence-electron chi connectivity index (χ2n) is 3.27. The lowest BCUT2D eigenvalue weighted by atomic mass is 10.0. The normalized spacial score (nSPS) is 11.1. The predicted molar refractivity (Wildman–Crippen MR) is 56.4 cm³/mol. The number of carbonyl (C=O) groups is 4. The topological polar surface area (TPSA) is 190 Å². The van der Waals surface area contributed by atoms with Crippen molar-refractivity contribution in [1.29, 1.82) is 0 Å². The molecule has 0 aliphatic rings. The molecule has 0 rings (SSSR count). The summed E-state index contributed by atoms with van der Waals surface area (Å²) in [5.41, 5.74) is 0. The molecule has 0 heterocycles. The van der Waals surface area contributed by atoms with E-state index >= 15 is 0 Å². The van der Waals surface area contributed by atoms with Gasteiger partial charge < -0.3 is 30.6 Å². The van der Waals surface area contributed by atoms with Gasteiger partial charge in [0.1, 0.15) is 0 Å². The molecule has 0 aromatic heterocycles. The summed E-state index contributed by atoms with van der Waals surface area (Å²) < 4.78 is 0.